The van der Waals surface area contributed by atoms with Crippen LogP contribution in [0.4, 0.5) is 0 Å². The fraction of sp³-hybridized carbons (Fsp3) is 0.833. The van der Waals surface area contributed by atoms with Crippen molar-refractivity contribution in [3.8, 4) is 0 Å². The Morgan fingerprint density at radius 3 is 2.53 bits per heavy atom. The molecule has 4 unspecified atom stereocenters. The number of nitrogens with two attached hydrogens (primary N) is 1. The van der Waals surface area contributed by atoms with Gasteiger partial charge in [0.25, 0.3) is 0 Å². The molecule has 0 heterocycles. The summed E-state index contributed by atoms with van der Waals surface area (Å²) in [6.07, 6.45) is 2.51. The minimum atomic E-state index is -0.474. The summed E-state index contributed by atoms with van der Waals surface area (Å²) in [7, 11) is 1.56. The lowest BCUT2D eigenvalue weighted by Gasteiger charge is -2.31. The van der Waals surface area contributed by atoms with Gasteiger partial charge in [0, 0.05) is 19.0 Å². The van der Waals surface area contributed by atoms with Gasteiger partial charge in [-0.1, -0.05) is 6.92 Å². The van der Waals surface area contributed by atoms with E-state index >= 15 is 0 Å². The van der Waals surface area contributed by atoms with Crippen molar-refractivity contribution in [2.24, 2.45) is 17.6 Å². The summed E-state index contributed by atoms with van der Waals surface area (Å²) in [5.41, 5.74) is 5.92. The molecule has 98 valence electrons. The molecule has 5 heteroatoms. The second-order valence-corrected chi connectivity index (χ2v) is 5.00. The van der Waals surface area contributed by atoms with Gasteiger partial charge < -0.3 is 16.4 Å². The van der Waals surface area contributed by atoms with Crippen LogP contribution in [0.5, 0.6) is 0 Å². The molecule has 0 aromatic rings. The molecule has 1 aliphatic rings. The van der Waals surface area contributed by atoms with Crippen LogP contribution >= 0.6 is 0 Å². The zero-order chi connectivity index (χ0) is 13.0. The Morgan fingerprint density at radius 2 is 2.00 bits per heavy atom. The largest absolute Gasteiger partial charge is 0.357 e. The van der Waals surface area contributed by atoms with Gasteiger partial charge in [-0.25, -0.2) is 0 Å². The van der Waals surface area contributed by atoms with Gasteiger partial charge >= 0.3 is 0 Å². The minimum absolute atomic E-state index is 0.00286. The van der Waals surface area contributed by atoms with Crippen molar-refractivity contribution >= 4 is 11.8 Å². The van der Waals surface area contributed by atoms with Gasteiger partial charge in [-0.05, 0) is 32.1 Å². The van der Waals surface area contributed by atoms with E-state index in [2.05, 4.69) is 17.6 Å². The highest BCUT2D eigenvalue weighted by Gasteiger charge is 2.30. The first kappa shape index (κ1) is 14.0. The van der Waals surface area contributed by atoms with E-state index in [1.54, 1.807) is 14.0 Å². The lowest BCUT2D eigenvalue weighted by atomic mass is 9.79. The summed E-state index contributed by atoms with van der Waals surface area (Å²) in [6, 6.07) is -0.270. The maximum atomic E-state index is 11.9. The van der Waals surface area contributed by atoms with Crippen LogP contribution in [0.15, 0.2) is 0 Å². The molecule has 0 aromatic heterocycles. The third-order valence-corrected chi connectivity index (χ3v) is 3.60. The van der Waals surface area contributed by atoms with Crippen LogP contribution < -0.4 is 16.4 Å². The van der Waals surface area contributed by atoms with Gasteiger partial charge in [-0.2, -0.15) is 0 Å². The molecule has 2 amide bonds. The number of carbonyl (C=O) groups excluding carboxylic acids is 2. The van der Waals surface area contributed by atoms with Crippen LogP contribution in [0.2, 0.25) is 0 Å². The second kappa shape index (κ2) is 6.00. The lowest BCUT2D eigenvalue weighted by Crippen LogP contribution is -2.47. The lowest BCUT2D eigenvalue weighted by molar-refractivity contribution is -0.131. The molecular weight excluding hydrogens is 218 g/mol. The average molecular weight is 241 g/mol. The van der Waals surface area contributed by atoms with E-state index in [1.807, 2.05) is 0 Å². The second-order valence-electron chi connectivity index (χ2n) is 5.00. The van der Waals surface area contributed by atoms with Crippen molar-refractivity contribution in [1.82, 2.24) is 10.6 Å². The predicted octanol–water partition coefficient (Wildman–Crippen LogP) is 0.000600. The SMILES string of the molecule is CNC(=O)C(C)NC(=O)C1CCC(N)C(C)C1. The zero-order valence-electron chi connectivity index (χ0n) is 10.8. The van der Waals surface area contributed by atoms with E-state index in [9.17, 15) is 9.59 Å². The smallest absolute Gasteiger partial charge is 0.242 e. The summed E-state index contributed by atoms with van der Waals surface area (Å²) in [5, 5.41) is 5.26. The third kappa shape index (κ3) is 3.70. The summed E-state index contributed by atoms with van der Waals surface area (Å²) in [4.78, 5) is 23.2. The van der Waals surface area contributed by atoms with E-state index in [0.717, 1.165) is 19.3 Å². The minimum Gasteiger partial charge on any atom is -0.357 e. The summed E-state index contributed by atoms with van der Waals surface area (Å²) in [6.45, 7) is 3.76. The Kier molecular flexibility index (Phi) is 4.93. The molecule has 0 spiro atoms. The standard InChI is InChI=1S/C12H23N3O2/c1-7-6-9(4-5-10(7)13)12(17)15-8(2)11(16)14-3/h7-10H,4-6,13H2,1-3H3,(H,14,16)(H,15,17). The monoisotopic (exact) mass is 241 g/mol. The first-order chi connectivity index (χ1) is 7.95. The molecule has 0 saturated heterocycles. The molecule has 17 heavy (non-hydrogen) atoms. The average Bonchev–Trinajstić information content (AvgIpc) is 2.31. The normalized spacial score (nSPS) is 30.5. The van der Waals surface area contributed by atoms with Gasteiger partial charge in [0.1, 0.15) is 6.04 Å². The highest BCUT2D eigenvalue weighted by atomic mass is 16.2. The number of hydrogen-bond acceptors (Lipinski definition) is 3. The fourth-order valence-electron chi connectivity index (χ4n) is 2.27. The van der Waals surface area contributed by atoms with Gasteiger partial charge in [-0.15, -0.1) is 0 Å². The first-order valence-electron chi connectivity index (χ1n) is 6.23. The topological polar surface area (TPSA) is 84.2 Å². The number of nitrogens with one attached hydrogen (secondary N) is 2. The molecule has 0 aromatic carbocycles. The summed E-state index contributed by atoms with van der Waals surface area (Å²) < 4.78 is 0. The highest BCUT2D eigenvalue weighted by molar-refractivity contribution is 5.88. The van der Waals surface area contributed by atoms with Crippen molar-refractivity contribution in [3.05, 3.63) is 0 Å². The number of amides is 2. The predicted molar refractivity (Wildman–Crippen MR) is 66.2 cm³/mol. The van der Waals surface area contributed by atoms with E-state index in [1.165, 1.54) is 0 Å². The van der Waals surface area contributed by atoms with E-state index in [-0.39, 0.29) is 23.8 Å². The number of likely N-dealkylation sites (N-methyl/N-ethyl adjacent to an activating group) is 1. The van der Waals surface area contributed by atoms with Crippen molar-refractivity contribution < 1.29 is 9.59 Å². The Hall–Kier alpha value is -1.10. The molecule has 0 radical (unpaired) electrons. The van der Waals surface area contributed by atoms with Crippen LogP contribution in [-0.4, -0.2) is 30.9 Å². The van der Waals surface area contributed by atoms with Crippen LogP contribution in [0.1, 0.15) is 33.1 Å². The Balaban J connectivity index is 2.45. The molecule has 0 aliphatic heterocycles. The molecule has 4 N–H and O–H groups in total. The molecule has 4 atom stereocenters. The molecule has 1 saturated carbocycles. The van der Waals surface area contributed by atoms with Crippen LogP contribution in [-0.2, 0) is 9.59 Å². The zero-order valence-corrected chi connectivity index (χ0v) is 10.8. The van der Waals surface area contributed by atoms with E-state index in [4.69, 9.17) is 5.73 Å². The van der Waals surface area contributed by atoms with Gasteiger partial charge in [0.05, 0.1) is 0 Å². The summed E-state index contributed by atoms with van der Waals surface area (Å²) >= 11 is 0. The highest BCUT2D eigenvalue weighted by Crippen LogP contribution is 2.28. The van der Waals surface area contributed by atoms with Crippen LogP contribution in [0.25, 0.3) is 0 Å². The first-order valence-corrected chi connectivity index (χ1v) is 6.23. The third-order valence-electron chi connectivity index (χ3n) is 3.60. The Bertz CT molecular complexity index is 293. The number of rotatable bonds is 3. The Labute approximate surface area is 103 Å². The quantitative estimate of drug-likeness (QED) is 0.650. The van der Waals surface area contributed by atoms with E-state index < -0.39 is 6.04 Å². The van der Waals surface area contributed by atoms with Gasteiger partial charge in [0.15, 0.2) is 0 Å². The number of hydrogen-bond donors (Lipinski definition) is 3. The maximum Gasteiger partial charge on any atom is 0.242 e. The van der Waals surface area contributed by atoms with Crippen molar-refractivity contribution in [2.45, 2.75) is 45.2 Å². The molecule has 0 bridgehead atoms. The van der Waals surface area contributed by atoms with Crippen molar-refractivity contribution in [1.29, 1.82) is 0 Å². The maximum absolute atomic E-state index is 11.9. The summed E-state index contributed by atoms with van der Waals surface area (Å²) in [5.74, 6) is 0.172. The molecule has 1 aliphatic carbocycles. The Morgan fingerprint density at radius 1 is 1.35 bits per heavy atom. The molecule has 1 fully saturated rings. The van der Waals surface area contributed by atoms with Crippen molar-refractivity contribution in [3.63, 3.8) is 0 Å². The van der Waals surface area contributed by atoms with Crippen molar-refractivity contribution in [2.75, 3.05) is 7.05 Å². The van der Waals surface area contributed by atoms with E-state index in [0.29, 0.717) is 5.92 Å². The number of carbonyl (C=O) groups is 2. The fourth-order valence-corrected chi connectivity index (χ4v) is 2.27. The molecule has 5 nitrogen and oxygen atoms in total. The molecule has 1 rings (SSSR count). The van der Waals surface area contributed by atoms with Gasteiger partial charge in [0.2, 0.25) is 11.8 Å². The molecular formula is C12H23N3O2. The van der Waals surface area contributed by atoms with Gasteiger partial charge in [-0.3, -0.25) is 9.59 Å². The van der Waals surface area contributed by atoms with Crippen LogP contribution in [0, 0.1) is 11.8 Å². The van der Waals surface area contributed by atoms with Crippen LogP contribution in [0.3, 0.4) is 0 Å².